The van der Waals surface area contributed by atoms with Crippen molar-refractivity contribution in [3.05, 3.63) is 40.0 Å². The Kier molecular flexibility index (Phi) is 9.43. The molecule has 3 rings (SSSR count). The molecule has 0 unspecified atom stereocenters. The minimum Gasteiger partial charge on any atom is -0.474 e. The fraction of sp³-hybridized carbons (Fsp3) is 0.550. The molecule has 0 aromatic carbocycles. The number of hydrogen-bond donors (Lipinski definition) is 2. The largest absolute Gasteiger partial charge is 0.474 e. The van der Waals surface area contributed by atoms with Crippen LogP contribution in [0.25, 0.3) is 0 Å². The molecule has 1 fully saturated rings. The normalized spacial score (nSPS) is 14.8. The van der Waals surface area contributed by atoms with E-state index >= 15 is 0 Å². The van der Waals surface area contributed by atoms with Crippen LogP contribution in [0, 0.1) is 0 Å². The molecule has 0 bridgehead atoms. The Hall–Kier alpha value is -1.42. The van der Waals surface area contributed by atoms with E-state index < -0.39 is 0 Å². The average molecular weight is 515 g/mol. The summed E-state index contributed by atoms with van der Waals surface area (Å²) in [7, 11) is 1.77. The number of rotatable bonds is 7. The summed E-state index contributed by atoms with van der Waals surface area (Å²) in [6.07, 6.45) is 7.01. The van der Waals surface area contributed by atoms with Crippen molar-refractivity contribution in [1.29, 1.82) is 0 Å². The standard InChI is InChI=1S/C20H29N5OS.HI/c1-14(2)17-13-27-19(25-17)12-24-20(21-3)23-11-15-8-9-18(22-10-15)26-16-6-4-5-7-16;/h8-10,13-14,16H,4-7,11-12H2,1-3H3,(H2,21,23,24);1H. The number of aromatic nitrogens is 2. The van der Waals surface area contributed by atoms with Crippen molar-refractivity contribution in [2.24, 2.45) is 4.99 Å². The molecule has 0 amide bonds. The second-order valence-corrected chi connectivity index (χ2v) is 8.07. The van der Waals surface area contributed by atoms with Crippen LogP contribution in [-0.4, -0.2) is 29.1 Å². The molecule has 0 radical (unpaired) electrons. The van der Waals surface area contributed by atoms with Gasteiger partial charge in [-0.05, 0) is 37.2 Å². The van der Waals surface area contributed by atoms with Gasteiger partial charge in [0.2, 0.25) is 5.88 Å². The van der Waals surface area contributed by atoms with Gasteiger partial charge in [0.15, 0.2) is 5.96 Å². The number of guanidine groups is 1. The SMILES string of the molecule is CN=C(NCc1ccc(OC2CCCC2)nc1)NCc1nc(C(C)C)cs1.I. The summed E-state index contributed by atoms with van der Waals surface area (Å²) in [5.74, 6) is 1.93. The van der Waals surface area contributed by atoms with Crippen LogP contribution in [0.1, 0.15) is 61.7 Å². The number of thiazole rings is 1. The van der Waals surface area contributed by atoms with Crippen molar-refractivity contribution < 1.29 is 4.74 Å². The van der Waals surface area contributed by atoms with Gasteiger partial charge in [0.1, 0.15) is 11.1 Å². The lowest BCUT2D eigenvalue weighted by molar-refractivity contribution is 0.201. The molecule has 2 N–H and O–H groups in total. The predicted molar refractivity (Wildman–Crippen MR) is 126 cm³/mol. The molecule has 0 aliphatic heterocycles. The first-order chi connectivity index (χ1) is 13.1. The molecule has 1 saturated carbocycles. The van der Waals surface area contributed by atoms with E-state index in [0.717, 1.165) is 40.9 Å². The van der Waals surface area contributed by atoms with Gasteiger partial charge in [-0.2, -0.15) is 0 Å². The maximum atomic E-state index is 5.91. The number of nitrogens with zero attached hydrogens (tertiary/aromatic N) is 3. The fourth-order valence-electron chi connectivity index (χ4n) is 3.00. The Morgan fingerprint density at radius 2 is 2.00 bits per heavy atom. The van der Waals surface area contributed by atoms with Crippen molar-refractivity contribution >= 4 is 41.3 Å². The maximum absolute atomic E-state index is 5.91. The molecule has 154 valence electrons. The van der Waals surface area contributed by atoms with Crippen LogP contribution in [-0.2, 0) is 13.1 Å². The maximum Gasteiger partial charge on any atom is 0.213 e. The van der Waals surface area contributed by atoms with Gasteiger partial charge in [-0.25, -0.2) is 9.97 Å². The molecule has 2 aromatic heterocycles. The van der Waals surface area contributed by atoms with Crippen LogP contribution in [0.3, 0.4) is 0 Å². The number of aliphatic imine (C=N–C) groups is 1. The number of nitrogens with one attached hydrogen (secondary N) is 2. The third-order valence-electron chi connectivity index (χ3n) is 4.64. The molecule has 8 heteroatoms. The summed E-state index contributed by atoms with van der Waals surface area (Å²) < 4.78 is 5.91. The Balaban J connectivity index is 0.00000280. The van der Waals surface area contributed by atoms with Gasteiger partial charge in [0, 0.05) is 31.2 Å². The van der Waals surface area contributed by atoms with Crippen molar-refractivity contribution in [2.45, 2.75) is 64.6 Å². The van der Waals surface area contributed by atoms with E-state index in [1.165, 1.54) is 12.8 Å². The van der Waals surface area contributed by atoms with Crippen molar-refractivity contribution in [3.63, 3.8) is 0 Å². The highest BCUT2D eigenvalue weighted by atomic mass is 127. The monoisotopic (exact) mass is 515 g/mol. The lowest BCUT2D eigenvalue weighted by Crippen LogP contribution is -2.36. The van der Waals surface area contributed by atoms with E-state index in [4.69, 9.17) is 4.74 Å². The first-order valence-electron chi connectivity index (χ1n) is 9.64. The van der Waals surface area contributed by atoms with Crippen LogP contribution in [0.2, 0.25) is 0 Å². The molecular weight excluding hydrogens is 485 g/mol. The Morgan fingerprint density at radius 1 is 1.25 bits per heavy atom. The topological polar surface area (TPSA) is 71.4 Å². The smallest absolute Gasteiger partial charge is 0.213 e. The van der Waals surface area contributed by atoms with Gasteiger partial charge in [-0.1, -0.05) is 19.9 Å². The van der Waals surface area contributed by atoms with Crippen molar-refractivity contribution in [1.82, 2.24) is 20.6 Å². The van der Waals surface area contributed by atoms with Crippen molar-refractivity contribution in [2.75, 3.05) is 7.05 Å². The Morgan fingerprint density at radius 3 is 2.61 bits per heavy atom. The number of hydrogen-bond acceptors (Lipinski definition) is 5. The molecule has 0 atom stereocenters. The zero-order valence-corrected chi connectivity index (χ0v) is 19.9. The molecule has 0 saturated heterocycles. The van der Waals surface area contributed by atoms with E-state index in [1.807, 2.05) is 18.3 Å². The zero-order chi connectivity index (χ0) is 19.1. The van der Waals surface area contributed by atoms with Crippen LogP contribution in [0.15, 0.2) is 28.7 Å². The molecule has 1 aliphatic rings. The summed E-state index contributed by atoms with van der Waals surface area (Å²) >= 11 is 1.68. The first-order valence-corrected chi connectivity index (χ1v) is 10.5. The summed E-state index contributed by atoms with van der Waals surface area (Å²) in [5, 5.41) is 9.81. The highest BCUT2D eigenvalue weighted by Gasteiger charge is 2.16. The summed E-state index contributed by atoms with van der Waals surface area (Å²) in [5.41, 5.74) is 2.23. The second kappa shape index (κ2) is 11.5. The van der Waals surface area contributed by atoms with Crippen molar-refractivity contribution in [3.8, 4) is 5.88 Å². The second-order valence-electron chi connectivity index (χ2n) is 7.13. The summed E-state index contributed by atoms with van der Waals surface area (Å²) in [6.45, 7) is 5.64. The van der Waals surface area contributed by atoms with E-state index in [1.54, 1.807) is 18.4 Å². The number of halogens is 1. The summed E-state index contributed by atoms with van der Waals surface area (Å²) in [6, 6.07) is 4.00. The van der Waals surface area contributed by atoms with Gasteiger partial charge in [-0.3, -0.25) is 4.99 Å². The number of ether oxygens (including phenoxy) is 1. The van der Waals surface area contributed by atoms with Gasteiger partial charge in [-0.15, -0.1) is 35.3 Å². The predicted octanol–water partition coefficient (Wildman–Crippen LogP) is 4.47. The van der Waals surface area contributed by atoms with E-state index in [-0.39, 0.29) is 24.0 Å². The highest BCUT2D eigenvalue weighted by molar-refractivity contribution is 14.0. The lowest BCUT2D eigenvalue weighted by atomic mass is 10.2. The van der Waals surface area contributed by atoms with Crippen LogP contribution >= 0.6 is 35.3 Å². The van der Waals surface area contributed by atoms with E-state index in [0.29, 0.717) is 25.1 Å². The minimum absolute atomic E-state index is 0. The molecule has 2 heterocycles. The van der Waals surface area contributed by atoms with Crippen LogP contribution in [0.4, 0.5) is 0 Å². The van der Waals surface area contributed by atoms with Gasteiger partial charge in [0.05, 0.1) is 12.2 Å². The fourth-order valence-corrected chi connectivity index (χ4v) is 3.89. The summed E-state index contributed by atoms with van der Waals surface area (Å²) in [4.78, 5) is 13.3. The third-order valence-corrected chi connectivity index (χ3v) is 5.51. The molecule has 6 nitrogen and oxygen atoms in total. The first kappa shape index (κ1) is 22.9. The van der Waals surface area contributed by atoms with Crippen LogP contribution < -0.4 is 15.4 Å². The van der Waals surface area contributed by atoms with Gasteiger partial charge < -0.3 is 15.4 Å². The number of pyridine rings is 1. The zero-order valence-electron chi connectivity index (χ0n) is 16.8. The lowest BCUT2D eigenvalue weighted by Gasteiger charge is -2.13. The average Bonchev–Trinajstić information content (AvgIpc) is 3.35. The van der Waals surface area contributed by atoms with Crippen LogP contribution in [0.5, 0.6) is 5.88 Å². The molecule has 2 aromatic rings. The molecule has 0 spiro atoms. The Labute approximate surface area is 188 Å². The molecule has 28 heavy (non-hydrogen) atoms. The Bertz CT molecular complexity index is 741. The minimum atomic E-state index is 0. The van der Waals surface area contributed by atoms with Gasteiger partial charge in [0.25, 0.3) is 0 Å². The van der Waals surface area contributed by atoms with E-state index in [9.17, 15) is 0 Å². The molecular formula is C20H30IN5OS. The highest BCUT2D eigenvalue weighted by Crippen LogP contribution is 2.22. The quantitative estimate of drug-likeness (QED) is 0.324. The molecule has 1 aliphatic carbocycles. The third kappa shape index (κ3) is 6.88. The van der Waals surface area contributed by atoms with E-state index in [2.05, 4.69) is 44.8 Å². The van der Waals surface area contributed by atoms with Gasteiger partial charge >= 0.3 is 0 Å².